The van der Waals surface area contributed by atoms with Crippen LogP contribution in [0.1, 0.15) is 44.5 Å². The van der Waals surface area contributed by atoms with E-state index in [1.807, 2.05) is 13.8 Å². The highest BCUT2D eigenvalue weighted by Gasteiger charge is 2.42. The number of amides is 1. The van der Waals surface area contributed by atoms with Gasteiger partial charge in [-0.25, -0.2) is 14.7 Å². The van der Waals surface area contributed by atoms with Crippen molar-refractivity contribution in [2.45, 2.75) is 52.8 Å². The number of nitrogens with zero attached hydrogens (tertiary/aromatic N) is 3. The van der Waals surface area contributed by atoms with Crippen LogP contribution in [0.25, 0.3) is 0 Å². The molecule has 0 saturated carbocycles. The second kappa shape index (κ2) is 11.0. The Labute approximate surface area is 192 Å². The molecule has 0 aliphatic carbocycles. The first-order valence-electron chi connectivity index (χ1n) is 9.96. The first-order chi connectivity index (χ1) is 16.0. The van der Waals surface area contributed by atoms with Gasteiger partial charge < -0.3 is 4.74 Å². The molecule has 6 nitrogen and oxygen atoms in total. The normalized spacial score (nSPS) is 12.0. The second-order valence-electron chi connectivity index (χ2n) is 6.28. The van der Waals surface area contributed by atoms with E-state index >= 15 is 0 Å². The van der Waals surface area contributed by atoms with Crippen LogP contribution in [0.4, 0.5) is 55.9 Å². The van der Waals surface area contributed by atoms with Crippen molar-refractivity contribution in [1.82, 2.24) is 9.55 Å². The van der Waals surface area contributed by atoms with E-state index in [0.717, 1.165) is 0 Å². The Kier molecular flexibility index (Phi) is 9.35. The SMILES string of the molecule is CC.CCOC(=O)N(c1ccc(C(F)(F)F)cc1C(F)(F)F)c1nc(C(F)(F)F)cc(=O)n1CC. The monoisotopic (exact) mass is 521 g/mol. The summed E-state index contributed by atoms with van der Waals surface area (Å²) < 4.78 is 125. The maximum Gasteiger partial charge on any atom is 0.433 e. The number of rotatable bonds is 4. The van der Waals surface area contributed by atoms with Gasteiger partial charge in [-0.3, -0.25) is 9.36 Å². The highest BCUT2D eigenvalue weighted by Crippen LogP contribution is 2.42. The molecule has 0 aliphatic heterocycles. The van der Waals surface area contributed by atoms with Crippen molar-refractivity contribution in [3.63, 3.8) is 0 Å². The average molecular weight is 521 g/mol. The van der Waals surface area contributed by atoms with E-state index in [4.69, 9.17) is 0 Å². The van der Waals surface area contributed by atoms with Crippen LogP contribution in [0.2, 0.25) is 0 Å². The minimum atomic E-state index is -5.49. The Morgan fingerprint density at radius 2 is 1.51 bits per heavy atom. The zero-order chi connectivity index (χ0) is 27.4. The Morgan fingerprint density at radius 3 is 1.94 bits per heavy atom. The van der Waals surface area contributed by atoms with Gasteiger partial charge in [0.2, 0.25) is 5.95 Å². The molecule has 35 heavy (non-hydrogen) atoms. The summed E-state index contributed by atoms with van der Waals surface area (Å²) in [5, 5.41) is 0. The fourth-order valence-electron chi connectivity index (χ4n) is 2.72. The smallest absolute Gasteiger partial charge is 0.433 e. The van der Waals surface area contributed by atoms with Gasteiger partial charge in [0.15, 0.2) is 5.69 Å². The summed E-state index contributed by atoms with van der Waals surface area (Å²) in [6, 6.07) is 0.172. The number of aromatic nitrogens is 2. The lowest BCUT2D eigenvalue weighted by Gasteiger charge is -2.27. The van der Waals surface area contributed by atoms with E-state index in [1.54, 1.807) is 0 Å². The highest BCUT2D eigenvalue weighted by molar-refractivity contribution is 5.95. The molecule has 0 unspecified atom stereocenters. The van der Waals surface area contributed by atoms with E-state index in [-0.39, 0.29) is 29.2 Å². The lowest BCUT2D eigenvalue weighted by atomic mass is 10.1. The van der Waals surface area contributed by atoms with Gasteiger partial charge in [-0.2, -0.15) is 39.5 Å². The molecule has 1 amide bonds. The van der Waals surface area contributed by atoms with Crippen LogP contribution in [-0.4, -0.2) is 22.3 Å². The van der Waals surface area contributed by atoms with Crippen LogP contribution in [-0.2, 0) is 29.8 Å². The number of hydrogen-bond donors (Lipinski definition) is 0. The summed E-state index contributed by atoms with van der Waals surface area (Å²) in [6.07, 6.45) is -17.6. The molecule has 1 aromatic carbocycles. The molecule has 2 rings (SSSR count). The van der Waals surface area contributed by atoms with Crippen LogP contribution in [0.5, 0.6) is 0 Å². The summed E-state index contributed by atoms with van der Waals surface area (Å²) in [7, 11) is 0. The van der Waals surface area contributed by atoms with Gasteiger partial charge in [-0.1, -0.05) is 13.8 Å². The molecule has 0 saturated heterocycles. The summed E-state index contributed by atoms with van der Waals surface area (Å²) >= 11 is 0. The summed E-state index contributed by atoms with van der Waals surface area (Å²) in [5.41, 5.74) is -8.26. The zero-order valence-corrected chi connectivity index (χ0v) is 18.7. The molecule has 0 fully saturated rings. The maximum atomic E-state index is 13.7. The van der Waals surface area contributed by atoms with E-state index in [1.165, 1.54) is 13.8 Å². The van der Waals surface area contributed by atoms with Crippen LogP contribution in [0.15, 0.2) is 29.1 Å². The molecule has 1 heterocycles. The van der Waals surface area contributed by atoms with Crippen molar-refractivity contribution in [2.24, 2.45) is 0 Å². The van der Waals surface area contributed by atoms with Gasteiger partial charge in [-0.05, 0) is 32.0 Å². The number of alkyl halides is 9. The first kappa shape index (κ1) is 29.8. The number of anilines is 2. The summed E-state index contributed by atoms with van der Waals surface area (Å²) in [5.74, 6) is -1.22. The molecular formula is C20H20F9N3O3. The van der Waals surface area contributed by atoms with Crippen molar-refractivity contribution < 1.29 is 49.0 Å². The molecule has 15 heteroatoms. The topological polar surface area (TPSA) is 64.4 Å². The minimum Gasteiger partial charge on any atom is -0.449 e. The van der Waals surface area contributed by atoms with Gasteiger partial charge in [0.05, 0.1) is 23.4 Å². The Morgan fingerprint density at radius 1 is 0.943 bits per heavy atom. The predicted octanol–water partition coefficient (Wildman–Crippen LogP) is 6.64. The minimum absolute atomic E-state index is 0.0632. The molecule has 0 bridgehead atoms. The van der Waals surface area contributed by atoms with Gasteiger partial charge in [0.25, 0.3) is 5.56 Å². The Balaban J connectivity index is 0.00000298. The molecule has 0 N–H and O–H groups in total. The van der Waals surface area contributed by atoms with E-state index in [9.17, 15) is 49.1 Å². The van der Waals surface area contributed by atoms with Crippen LogP contribution in [0.3, 0.4) is 0 Å². The van der Waals surface area contributed by atoms with E-state index in [0.29, 0.717) is 4.57 Å². The second-order valence-corrected chi connectivity index (χ2v) is 6.28. The maximum absolute atomic E-state index is 13.7. The number of carbonyl (C=O) groups excluding carboxylic acids is 1. The quantitative estimate of drug-likeness (QED) is 0.423. The van der Waals surface area contributed by atoms with Crippen LogP contribution in [0, 0.1) is 0 Å². The standard InChI is InChI=1S/C18H14F9N3O3.C2H6/c1-3-29-13(31)8-12(18(25,26)27)28-14(29)30(15(32)33-4-2)11-6-5-9(16(19,20)21)7-10(11)17(22,23)24;1-2/h5-8H,3-4H2,1-2H3;1-2H3. The molecule has 0 radical (unpaired) electrons. The largest absolute Gasteiger partial charge is 0.449 e. The molecular weight excluding hydrogens is 501 g/mol. The van der Waals surface area contributed by atoms with Crippen molar-refractivity contribution in [1.29, 1.82) is 0 Å². The van der Waals surface area contributed by atoms with Gasteiger partial charge >= 0.3 is 24.6 Å². The molecule has 1 aromatic heterocycles. The van der Waals surface area contributed by atoms with Crippen molar-refractivity contribution >= 4 is 17.7 Å². The first-order valence-corrected chi connectivity index (χ1v) is 9.96. The summed E-state index contributed by atoms with van der Waals surface area (Å²) in [4.78, 5) is 27.7. The third kappa shape index (κ3) is 6.88. The number of ether oxygens (including phenoxy) is 1. The number of carbonyl (C=O) groups is 1. The van der Waals surface area contributed by atoms with Crippen molar-refractivity contribution in [3.8, 4) is 0 Å². The van der Waals surface area contributed by atoms with E-state index in [2.05, 4.69) is 9.72 Å². The molecule has 0 spiro atoms. The zero-order valence-electron chi connectivity index (χ0n) is 18.7. The van der Waals surface area contributed by atoms with E-state index < -0.39 is 71.8 Å². The van der Waals surface area contributed by atoms with Crippen LogP contribution < -0.4 is 10.5 Å². The van der Waals surface area contributed by atoms with Crippen molar-refractivity contribution in [2.75, 3.05) is 11.5 Å². The third-order valence-corrected chi connectivity index (χ3v) is 4.12. The fourth-order valence-corrected chi connectivity index (χ4v) is 2.72. The summed E-state index contributed by atoms with van der Waals surface area (Å²) in [6.45, 7) is 5.53. The fraction of sp³-hybridized carbons (Fsp3) is 0.450. The molecule has 196 valence electrons. The molecule has 2 aromatic rings. The third-order valence-electron chi connectivity index (χ3n) is 4.12. The Bertz CT molecular complexity index is 1090. The lowest BCUT2D eigenvalue weighted by Crippen LogP contribution is -2.36. The molecule has 0 aliphatic rings. The highest BCUT2D eigenvalue weighted by atomic mass is 19.4. The lowest BCUT2D eigenvalue weighted by molar-refractivity contribution is -0.143. The van der Waals surface area contributed by atoms with Gasteiger partial charge in [-0.15, -0.1) is 0 Å². The predicted molar refractivity (Wildman–Crippen MR) is 106 cm³/mol. The van der Waals surface area contributed by atoms with Gasteiger partial charge in [0, 0.05) is 12.6 Å². The molecule has 0 atom stereocenters. The number of halogens is 9. The Hall–Kier alpha value is -3.26. The van der Waals surface area contributed by atoms with Crippen molar-refractivity contribution in [3.05, 3.63) is 51.4 Å². The number of benzene rings is 1. The van der Waals surface area contributed by atoms with Gasteiger partial charge in [0.1, 0.15) is 0 Å². The average Bonchev–Trinajstić information content (AvgIpc) is 2.73. The van der Waals surface area contributed by atoms with Crippen LogP contribution >= 0.6 is 0 Å². The number of hydrogen-bond acceptors (Lipinski definition) is 4.